The lowest BCUT2D eigenvalue weighted by Crippen LogP contribution is -2.32. The molecule has 10 nitrogen and oxygen atoms in total. The quantitative estimate of drug-likeness (QED) is 0.0476. The largest absolute Gasteiger partial charge is 0.493 e. The summed E-state index contributed by atoms with van der Waals surface area (Å²) in [7, 11) is 1.66. The predicted molar refractivity (Wildman–Crippen MR) is 176 cm³/mol. The van der Waals surface area contributed by atoms with Crippen molar-refractivity contribution in [3.63, 3.8) is 0 Å². The van der Waals surface area contributed by atoms with Crippen LogP contribution in [0.15, 0.2) is 53.6 Å². The molecule has 2 aromatic carbocycles. The van der Waals surface area contributed by atoms with Gasteiger partial charge in [-0.15, -0.1) is 0 Å². The molecule has 1 saturated heterocycles. The average Bonchev–Trinajstić information content (AvgIpc) is 3.42. The lowest BCUT2D eigenvalue weighted by molar-refractivity contribution is -0.151. The maximum absolute atomic E-state index is 12.6. The van der Waals surface area contributed by atoms with Gasteiger partial charge >= 0.3 is 11.9 Å². The highest BCUT2D eigenvalue weighted by molar-refractivity contribution is 5.75. The molecule has 0 aromatic heterocycles. The minimum atomic E-state index is -0.628. The molecule has 1 aliphatic rings. The minimum absolute atomic E-state index is 0.0475. The highest BCUT2D eigenvalue weighted by atomic mass is 16.6. The highest BCUT2D eigenvalue weighted by Gasteiger charge is 2.42. The standard InChI is InChI=1S/C36H51N3O7/c1-24(2)30(21-32(38-39-37)34-22-31(25(3)4)36(41)46-34)35(45-26(5)40)29-16-15-28(33(20-29)44-19-11-17-42-6)14-10-18-43-23-27-12-8-7-9-13-27/h7-9,12-13,15-16,20,24-25,30-32,34-35H,10-11,14,17-19,21-23H2,1-6H3/t30-,31-,32-,34-,35?/m0/s1. The summed E-state index contributed by atoms with van der Waals surface area (Å²) in [4.78, 5) is 28.1. The van der Waals surface area contributed by atoms with Gasteiger partial charge in [-0.05, 0) is 65.8 Å². The number of azide groups is 1. The van der Waals surface area contributed by atoms with E-state index >= 15 is 0 Å². The van der Waals surface area contributed by atoms with Crippen molar-refractivity contribution >= 4 is 11.9 Å². The van der Waals surface area contributed by atoms with E-state index < -0.39 is 24.2 Å². The molecule has 2 aromatic rings. The van der Waals surface area contributed by atoms with Crippen LogP contribution in [0.5, 0.6) is 5.75 Å². The van der Waals surface area contributed by atoms with Crippen molar-refractivity contribution in [2.24, 2.45) is 28.8 Å². The monoisotopic (exact) mass is 637 g/mol. The van der Waals surface area contributed by atoms with Crippen molar-refractivity contribution < 1.29 is 33.3 Å². The zero-order chi connectivity index (χ0) is 33.5. The number of rotatable bonds is 20. The molecule has 10 heteroatoms. The summed E-state index contributed by atoms with van der Waals surface area (Å²) < 4.78 is 29.1. The Bertz CT molecular complexity index is 1280. The lowest BCUT2D eigenvalue weighted by atomic mass is 9.79. The van der Waals surface area contributed by atoms with Crippen molar-refractivity contribution in [1.82, 2.24) is 0 Å². The van der Waals surface area contributed by atoms with Crippen LogP contribution in [0.3, 0.4) is 0 Å². The molecule has 0 saturated carbocycles. The normalized spacial score (nSPS) is 18.1. The molecule has 1 heterocycles. The Labute approximate surface area is 273 Å². The maximum Gasteiger partial charge on any atom is 0.309 e. The summed E-state index contributed by atoms with van der Waals surface area (Å²) in [5.41, 5.74) is 12.4. The maximum atomic E-state index is 12.6. The second-order valence-electron chi connectivity index (χ2n) is 12.7. The molecule has 1 unspecified atom stereocenters. The van der Waals surface area contributed by atoms with Crippen LogP contribution in [-0.2, 0) is 41.6 Å². The number of carbonyl (C=O) groups excluding carboxylic acids is 2. The Balaban J connectivity index is 1.83. The van der Waals surface area contributed by atoms with Gasteiger partial charge < -0.3 is 23.7 Å². The first kappa shape index (κ1) is 36.9. The van der Waals surface area contributed by atoms with Crippen LogP contribution in [-0.4, -0.2) is 51.0 Å². The van der Waals surface area contributed by atoms with Crippen molar-refractivity contribution in [1.29, 1.82) is 0 Å². The molecule has 0 aliphatic carbocycles. The topological polar surface area (TPSA) is 129 Å². The zero-order valence-corrected chi connectivity index (χ0v) is 28.2. The van der Waals surface area contributed by atoms with Crippen molar-refractivity contribution in [2.45, 2.75) is 91.6 Å². The number of aryl methyl sites for hydroxylation is 1. The van der Waals surface area contributed by atoms with Gasteiger partial charge in [0.15, 0.2) is 0 Å². The Hall–Kier alpha value is -3.59. The van der Waals surface area contributed by atoms with Crippen LogP contribution < -0.4 is 4.74 Å². The molecule has 1 aliphatic heterocycles. The highest BCUT2D eigenvalue weighted by Crippen LogP contribution is 2.40. The van der Waals surface area contributed by atoms with Gasteiger partial charge in [0.1, 0.15) is 18.0 Å². The summed E-state index contributed by atoms with van der Waals surface area (Å²) >= 11 is 0. The number of carbonyl (C=O) groups is 2. The third kappa shape index (κ3) is 11.3. The van der Waals surface area contributed by atoms with Gasteiger partial charge in [0.2, 0.25) is 0 Å². The van der Waals surface area contributed by atoms with Crippen LogP contribution in [0.2, 0.25) is 0 Å². The Morgan fingerprint density at radius 3 is 2.46 bits per heavy atom. The molecular formula is C36H51N3O7. The fourth-order valence-corrected chi connectivity index (χ4v) is 5.96. The first-order chi connectivity index (χ1) is 22.1. The van der Waals surface area contributed by atoms with Crippen LogP contribution >= 0.6 is 0 Å². The van der Waals surface area contributed by atoms with Crippen molar-refractivity contribution in [3.05, 3.63) is 75.7 Å². The smallest absolute Gasteiger partial charge is 0.309 e. The summed E-state index contributed by atoms with van der Waals surface area (Å²) in [6.45, 7) is 11.7. The number of benzene rings is 2. The summed E-state index contributed by atoms with van der Waals surface area (Å²) in [5.74, 6) is -0.238. The number of ether oxygens (including phenoxy) is 5. The van der Waals surface area contributed by atoms with E-state index in [1.165, 1.54) is 6.92 Å². The molecule has 0 spiro atoms. The molecule has 0 amide bonds. The van der Waals surface area contributed by atoms with Crippen LogP contribution in [0, 0.1) is 23.7 Å². The molecule has 252 valence electrons. The Morgan fingerprint density at radius 2 is 1.83 bits per heavy atom. The first-order valence-corrected chi connectivity index (χ1v) is 16.4. The van der Waals surface area contributed by atoms with E-state index in [4.69, 9.17) is 23.7 Å². The zero-order valence-electron chi connectivity index (χ0n) is 28.2. The third-order valence-electron chi connectivity index (χ3n) is 8.56. The van der Waals surface area contributed by atoms with Gasteiger partial charge in [-0.25, -0.2) is 0 Å². The Kier molecular flexibility index (Phi) is 15.4. The molecule has 3 rings (SSSR count). The summed E-state index contributed by atoms with van der Waals surface area (Å²) in [5, 5.41) is 4.08. The SMILES string of the molecule is COCCCOc1cc(C(OC(C)=O)[C@@H](C[C@H](N=[N+]=[N-])[C@@H]2C[C@@H](C(C)C)C(=O)O2)C(C)C)ccc1CCCOCc1ccccc1. The number of methoxy groups -OCH3 is 1. The van der Waals surface area contributed by atoms with Crippen LogP contribution in [0.4, 0.5) is 0 Å². The molecular weight excluding hydrogens is 586 g/mol. The second kappa shape index (κ2) is 19.2. The molecule has 0 N–H and O–H groups in total. The predicted octanol–water partition coefficient (Wildman–Crippen LogP) is 7.78. The Morgan fingerprint density at radius 1 is 1.07 bits per heavy atom. The number of cyclic esters (lactones) is 1. The average molecular weight is 638 g/mol. The fraction of sp³-hybridized carbons (Fsp3) is 0.611. The third-order valence-corrected chi connectivity index (χ3v) is 8.56. The van der Waals surface area contributed by atoms with Gasteiger partial charge in [0.25, 0.3) is 0 Å². The second-order valence-corrected chi connectivity index (χ2v) is 12.7. The van der Waals surface area contributed by atoms with E-state index in [1.54, 1.807) is 7.11 Å². The van der Waals surface area contributed by atoms with Gasteiger partial charge in [-0.2, -0.15) is 0 Å². The van der Waals surface area contributed by atoms with E-state index in [2.05, 4.69) is 23.9 Å². The van der Waals surface area contributed by atoms with E-state index in [1.807, 2.05) is 62.4 Å². The minimum Gasteiger partial charge on any atom is -0.493 e. The van der Waals surface area contributed by atoms with Gasteiger partial charge in [-0.1, -0.05) is 75.3 Å². The van der Waals surface area contributed by atoms with Crippen molar-refractivity contribution in [2.75, 3.05) is 26.9 Å². The molecule has 5 atom stereocenters. The van der Waals surface area contributed by atoms with E-state index in [9.17, 15) is 15.1 Å². The number of nitrogens with zero attached hydrogens (tertiary/aromatic N) is 3. The summed E-state index contributed by atoms with van der Waals surface area (Å²) in [6.07, 6.45) is 2.02. The van der Waals surface area contributed by atoms with E-state index in [-0.39, 0.29) is 29.6 Å². The van der Waals surface area contributed by atoms with E-state index in [0.717, 1.165) is 41.7 Å². The van der Waals surface area contributed by atoms with Crippen molar-refractivity contribution in [3.8, 4) is 5.75 Å². The molecule has 0 bridgehead atoms. The summed E-state index contributed by atoms with van der Waals surface area (Å²) in [6, 6.07) is 15.5. The number of hydrogen-bond donors (Lipinski definition) is 0. The van der Waals surface area contributed by atoms with Gasteiger partial charge in [0.05, 0.1) is 25.2 Å². The van der Waals surface area contributed by atoms with Gasteiger partial charge in [0, 0.05) is 44.5 Å². The lowest BCUT2D eigenvalue weighted by Gasteiger charge is -2.33. The fourth-order valence-electron chi connectivity index (χ4n) is 5.96. The van der Waals surface area contributed by atoms with E-state index in [0.29, 0.717) is 39.3 Å². The molecule has 0 radical (unpaired) electrons. The van der Waals surface area contributed by atoms with Gasteiger partial charge in [-0.3, -0.25) is 9.59 Å². The molecule has 46 heavy (non-hydrogen) atoms. The first-order valence-electron chi connectivity index (χ1n) is 16.4. The van der Waals surface area contributed by atoms with Crippen LogP contribution in [0.25, 0.3) is 10.4 Å². The number of esters is 2. The van der Waals surface area contributed by atoms with Crippen LogP contribution in [0.1, 0.15) is 83.1 Å². The molecule has 1 fully saturated rings. The number of hydrogen-bond acceptors (Lipinski definition) is 8.